The van der Waals surface area contributed by atoms with Gasteiger partial charge in [0.25, 0.3) is 0 Å². The predicted octanol–water partition coefficient (Wildman–Crippen LogP) is 15.8. The summed E-state index contributed by atoms with van der Waals surface area (Å²) in [5.41, 5.74) is 13.0. The van der Waals surface area contributed by atoms with Crippen LogP contribution in [0.5, 0.6) is 0 Å². The summed E-state index contributed by atoms with van der Waals surface area (Å²) < 4.78 is 9.22. The van der Waals surface area contributed by atoms with E-state index in [-0.39, 0.29) is 0 Å². The van der Waals surface area contributed by atoms with Crippen molar-refractivity contribution in [3.8, 4) is 27.9 Å². The van der Waals surface area contributed by atoms with Crippen LogP contribution < -0.4 is 4.90 Å². The number of anilines is 3. The normalized spacial score (nSPS) is 11.7. The molecule has 2 aromatic heterocycles. The molecule has 12 aromatic rings. The summed E-state index contributed by atoms with van der Waals surface area (Å²) in [6, 6.07) is 78.6. The number of benzene rings is 10. The first-order valence-electron chi connectivity index (χ1n) is 20.2. The SMILES string of the molecule is c1ccc(-c2ccc(N(c3ccc(-c4cccc5c6ccccc6n(-c6ccccc6)c45)cc3)c3cccc4c3ccc3ccccc34)c3c2oc2ccccc23)cc1. The van der Waals surface area contributed by atoms with E-state index in [9.17, 15) is 0 Å². The third-order valence-corrected chi connectivity index (χ3v) is 12.0. The minimum atomic E-state index is 0.869. The third kappa shape index (κ3) is 5.22. The molecule has 59 heavy (non-hydrogen) atoms. The molecule has 3 nitrogen and oxygen atoms in total. The van der Waals surface area contributed by atoms with E-state index in [1.165, 1.54) is 48.9 Å². The lowest BCUT2D eigenvalue weighted by Crippen LogP contribution is -2.11. The van der Waals surface area contributed by atoms with Crippen molar-refractivity contribution in [2.24, 2.45) is 0 Å². The first-order valence-corrected chi connectivity index (χ1v) is 20.2. The molecular formula is C56H36N2O. The average Bonchev–Trinajstić information content (AvgIpc) is 3.87. The Balaban J connectivity index is 1.11. The van der Waals surface area contributed by atoms with Crippen LogP contribution in [0.2, 0.25) is 0 Å². The highest BCUT2D eigenvalue weighted by atomic mass is 16.3. The van der Waals surface area contributed by atoms with Crippen LogP contribution in [0.4, 0.5) is 17.1 Å². The highest BCUT2D eigenvalue weighted by Crippen LogP contribution is 2.48. The van der Waals surface area contributed by atoms with Crippen LogP contribution in [-0.4, -0.2) is 4.57 Å². The van der Waals surface area contributed by atoms with Crippen molar-refractivity contribution in [2.75, 3.05) is 4.90 Å². The highest BCUT2D eigenvalue weighted by Gasteiger charge is 2.24. The lowest BCUT2D eigenvalue weighted by atomic mass is 9.97. The second-order valence-electron chi connectivity index (χ2n) is 15.2. The van der Waals surface area contributed by atoms with Gasteiger partial charge in [0.15, 0.2) is 0 Å². The molecule has 0 aliphatic rings. The Morgan fingerprint density at radius 3 is 1.88 bits per heavy atom. The molecule has 0 saturated carbocycles. The summed E-state index contributed by atoms with van der Waals surface area (Å²) >= 11 is 0. The van der Waals surface area contributed by atoms with Gasteiger partial charge in [-0.05, 0) is 81.9 Å². The van der Waals surface area contributed by atoms with Gasteiger partial charge in [-0.3, -0.25) is 0 Å². The van der Waals surface area contributed by atoms with Crippen molar-refractivity contribution in [1.82, 2.24) is 4.57 Å². The number of para-hydroxylation sites is 4. The van der Waals surface area contributed by atoms with Gasteiger partial charge in [-0.25, -0.2) is 0 Å². The molecule has 0 radical (unpaired) electrons. The quantitative estimate of drug-likeness (QED) is 0.158. The summed E-state index contributed by atoms with van der Waals surface area (Å²) in [6.07, 6.45) is 0. The van der Waals surface area contributed by atoms with Gasteiger partial charge in [0.2, 0.25) is 0 Å². The maximum absolute atomic E-state index is 6.81. The first-order chi connectivity index (χ1) is 29.3. The first kappa shape index (κ1) is 33.3. The molecule has 0 unspecified atom stereocenters. The molecule has 0 amide bonds. The Morgan fingerprint density at radius 2 is 1.03 bits per heavy atom. The average molecular weight is 753 g/mol. The number of nitrogens with zero attached hydrogens (tertiary/aromatic N) is 2. The van der Waals surface area contributed by atoms with Crippen LogP contribution in [-0.2, 0) is 0 Å². The Bertz CT molecular complexity index is 3540. The van der Waals surface area contributed by atoms with Crippen molar-refractivity contribution in [3.05, 3.63) is 218 Å². The molecule has 3 heteroatoms. The van der Waals surface area contributed by atoms with E-state index in [0.717, 1.165) is 61.4 Å². The van der Waals surface area contributed by atoms with Crippen LogP contribution in [0.1, 0.15) is 0 Å². The minimum absolute atomic E-state index is 0.869. The summed E-state index contributed by atoms with van der Waals surface area (Å²) in [4.78, 5) is 2.43. The van der Waals surface area contributed by atoms with Crippen LogP contribution >= 0.6 is 0 Å². The van der Waals surface area contributed by atoms with E-state index < -0.39 is 0 Å². The molecule has 12 rings (SSSR count). The molecule has 0 fully saturated rings. The standard InChI is InChI=1S/C56H36N2O/c1-3-15-37(16-4-1)44-35-36-52(54-49-22-10-12-28-53(49)59-56(44)54)57(50-27-14-24-45-42-20-8-7-17-38(42)31-34-47(45)50)41-32-29-39(30-33-41)43-23-13-25-48-46-21-9-11-26-51(46)58(55(43)48)40-18-5-2-6-19-40/h1-36H. The number of fused-ring (bicyclic) bond motifs is 9. The maximum atomic E-state index is 6.81. The van der Waals surface area contributed by atoms with E-state index in [1.807, 2.05) is 0 Å². The molecule has 10 aromatic carbocycles. The van der Waals surface area contributed by atoms with Crippen LogP contribution in [0.25, 0.3) is 93.2 Å². The summed E-state index contributed by atoms with van der Waals surface area (Å²) in [5, 5.41) is 9.52. The number of hydrogen-bond donors (Lipinski definition) is 0. The lowest BCUT2D eigenvalue weighted by Gasteiger charge is -2.28. The maximum Gasteiger partial charge on any atom is 0.145 e. The zero-order valence-electron chi connectivity index (χ0n) is 32.1. The van der Waals surface area contributed by atoms with Crippen LogP contribution in [0, 0.1) is 0 Å². The van der Waals surface area contributed by atoms with E-state index >= 15 is 0 Å². The molecule has 2 heterocycles. The summed E-state index contributed by atoms with van der Waals surface area (Å²) in [7, 11) is 0. The van der Waals surface area contributed by atoms with E-state index in [2.05, 4.69) is 228 Å². The van der Waals surface area contributed by atoms with Crippen molar-refractivity contribution in [3.63, 3.8) is 0 Å². The van der Waals surface area contributed by atoms with Crippen molar-refractivity contribution in [1.29, 1.82) is 0 Å². The van der Waals surface area contributed by atoms with E-state index in [4.69, 9.17) is 4.42 Å². The van der Waals surface area contributed by atoms with Gasteiger partial charge in [-0.2, -0.15) is 0 Å². The molecule has 0 N–H and O–H groups in total. The molecule has 0 aliphatic heterocycles. The monoisotopic (exact) mass is 752 g/mol. The molecule has 0 saturated heterocycles. The van der Waals surface area contributed by atoms with Crippen molar-refractivity contribution >= 4 is 82.4 Å². The van der Waals surface area contributed by atoms with Crippen molar-refractivity contribution in [2.45, 2.75) is 0 Å². The number of hydrogen-bond acceptors (Lipinski definition) is 2. The van der Waals surface area contributed by atoms with Gasteiger partial charge in [0.05, 0.1) is 27.8 Å². The van der Waals surface area contributed by atoms with Gasteiger partial charge < -0.3 is 13.9 Å². The Labute approximate surface area is 341 Å². The second-order valence-corrected chi connectivity index (χ2v) is 15.2. The fourth-order valence-corrected chi connectivity index (χ4v) is 9.36. The Kier molecular flexibility index (Phi) is 7.54. The highest BCUT2D eigenvalue weighted by molar-refractivity contribution is 6.19. The number of rotatable bonds is 6. The van der Waals surface area contributed by atoms with E-state index in [1.54, 1.807) is 0 Å². The zero-order valence-corrected chi connectivity index (χ0v) is 32.1. The largest absolute Gasteiger partial charge is 0.455 e. The second kappa shape index (κ2) is 13.4. The Hall–Kier alpha value is -7.88. The van der Waals surface area contributed by atoms with E-state index in [0.29, 0.717) is 0 Å². The van der Waals surface area contributed by atoms with Crippen LogP contribution in [0.15, 0.2) is 223 Å². The van der Waals surface area contributed by atoms with Gasteiger partial charge >= 0.3 is 0 Å². The third-order valence-electron chi connectivity index (χ3n) is 12.0. The number of aromatic nitrogens is 1. The zero-order chi connectivity index (χ0) is 38.9. The molecule has 0 spiro atoms. The molecule has 276 valence electrons. The molecule has 0 aliphatic carbocycles. The predicted molar refractivity (Wildman–Crippen MR) is 249 cm³/mol. The molecule has 0 atom stereocenters. The van der Waals surface area contributed by atoms with Gasteiger partial charge in [-0.15, -0.1) is 0 Å². The molecule has 0 bridgehead atoms. The smallest absolute Gasteiger partial charge is 0.145 e. The summed E-state index contributed by atoms with van der Waals surface area (Å²) in [6.45, 7) is 0. The fraction of sp³-hybridized carbons (Fsp3) is 0. The number of furan rings is 1. The summed E-state index contributed by atoms with van der Waals surface area (Å²) in [5.74, 6) is 0. The van der Waals surface area contributed by atoms with Gasteiger partial charge in [0.1, 0.15) is 11.2 Å². The van der Waals surface area contributed by atoms with Crippen molar-refractivity contribution < 1.29 is 4.42 Å². The lowest BCUT2D eigenvalue weighted by molar-refractivity contribution is 0.670. The fourth-order valence-electron chi connectivity index (χ4n) is 9.36. The van der Waals surface area contributed by atoms with Gasteiger partial charge in [-0.1, -0.05) is 164 Å². The Morgan fingerprint density at radius 1 is 0.373 bits per heavy atom. The van der Waals surface area contributed by atoms with Crippen LogP contribution in [0.3, 0.4) is 0 Å². The van der Waals surface area contributed by atoms with Gasteiger partial charge in [0, 0.05) is 44.0 Å². The topological polar surface area (TPSA) is 21.3 Å². The molecular weight excluding hydrogens is 717 g/mol. The minimum Gasteiger partial charge on any atom is -0.455 e.